The topological polar surface area (TPSA) is 73.7 Å². The molecule has 3 heterocycles. The number of carbonyl (C=O) groups is 1. The van der Waals surface area contributed by atoms with E-state index >= 15 is 0 Å². The second kappa shape index (κ2) is 12.1. The molecule has 3 aromatic rings. The zero-order valence-electron chi connectivity index (χ0n) is 21.2. The van der Waals surface area contributed by atoms with Gasteiger partial charge in [0.2, 0.25) is 0 Å². The van der Waals surface area contributed by atoms with Gasteiger partial charge in [0.05, 0.1) is 23.3 Å². The van der Waals surface area contributed by atoms with Crippen LogP contribution in [0.25, 0.3) is 5.52 Å². The Bertz CT molecular complexity index is 1400. The van der Waals surface area contributed by atoms with Crippen molar-refractivity contribution in [2.45, 2.75) is 23.1 Å². The SMILES string of the molecule is CNC(=O)c1ccc(NCC#Cc2cc3c(NC[C@@H]4CCN(C)C[C@@H]4F)nccn3c2SC(F)(F)F)c(F)c1. The van der Waals surface area contributed by atoms with E-state index in [0.29, 0.717) is 30.8 Å². The van der Waals surface area contributed by atoms with E-state index in [1.807, 2.05) is 11.9 Å². The number of carbonyl (C=O) groups excluding carboxylic acids is 1. The van der Waals surface area contributed by atoms with Crippen molar-refractivity contribution in [2.75, 3.05) is 50.9 Å². The van der Waals surface area contributed by atoms with Gasteiger partial charge in [-0.2, -0.15) is 13.2 Å². The van der Waals surface area contributed by atoms with Crippen LogP contribution in [-0.4, -0.2) is 72.1 Å². The summed E-state index contributed by atoms with van der Waals surface area (Å²) in [5.41, 5.74) is -3.82. The minimum absolute atomic E-state index is 0.0596. The number of anilines is 2. The Balaban J connectivity index is 1.54. The monoisotopic (exact) mass is 566 g/mol. The van der Waals surface area contributed by atoms with Crippen LogP contribution in [0.4, 0.5) is 33.5 Å². The van der Waals surface area contributed by atoms with E-state index in [1.165, 1.54) is 42.0 Å². The number of rotatable bonds is 7. The average molecular weight is 567 g/mol. The Hall–Kier alpha value is -3.50. The van der Waals surface area contributed by atoms with Gasteiger partial charge < -0.3 is 25.3 Å². The van der Waals surface area contributed by atoms with Crippen LogP contribution in [0, 0.1) is 23.6 Å². The van der Waals surface area contributed by atoms with E-state index in [1.54, 1.807) is 0 Å². The predicted octanol–water partition coefficient (Wildman–Crippen LogP) is 4.61. The van der Waals surface area contributed by atoms with E-state index in [0.717, 1.165) is 12.6 Å². The van der Waals surface area contributed by atoms with Crippen LogP contribution in [0.3, 0.4) is 0 Å². The smallest absolute Gasteiger partial charge is 0.372 e. The Morgan fingerprint density at radius 2 is 2.05 bits per heavy atom. The lowest BCUT2D eigenvalue weighted by Crippen LogP contribution is -2.42. The summed E-state index contributed by atoms with van der Waals surface area (Å²) in [5, 5.41) is 8.13. The molecule has 13 heteroatoms. The summed E-state index contributed by atoms with van der Waals surface area (Å²) in [6.45, 7) is 1.33. The molecule has 1 saturated heterocycles. The van der Waals surface area contributed by atoms with Gasteiger partial charge in [-0.15, -0.1) is 0 Å². The summed E-state index contributed by atoms with van der Waals surface area (Å²) in [4.78, 5) is 17.8. The third kappa shape index (κ3) is 7.13. The molecule has 3 N–H and O–H groups in total. The first-order valence-corrected chi connectivity index (χ1v) is 12.9. The quantitative estimate of drug-likeness (QED) is 0.221. The number of piperidine rings is 1. The molecule has 0 unspecified atom stereocenters. The molecule has 4 rings (SSSR count). The highest BCUT2D eigenvalue weighted by Gasteiger charge is 2.33. The third-order valence-electron chi connectivity index (χ3n) is 6.32. The van der Waals surface area contributed by atoms with Crippen LogP contribution in [0.5, 0.6) is 0 Å². The normalized spacial score (nSPS) is 17.9. The first-order valence-electron chi connectivity index (χ1n) is 12.1. The number of nitrogens with zero attached hydrogens (tertiary/aromatic N) is 3. The number of thioether (sulfide) groups is 1. The van der Waals surface area contributed by atoms with Crippen LogP contribution in [0.15, 0.2) is 41.7 Å². The van der Waals surface area contributed by atoms with Gasteiger partial charge in [0.15, 0.2) is 0 Å². The Morgan fingerprint density at radius 1 is 1.26 bits per heavy atom. The summed E-state index contributed by atoms with van der Waals surface area (Å²) in [7, 11) is 3.29. The fourth-order valence-corrected chi connectivity index (χ4v) is 5.00. The molecule has 0 bridgehead atoms. The molecule has 2 atom stereocenters. The molecule has 39 heavy (non-hydrogen) atoms. The number of hydrogen-bond acceptors (Lipinski definition) is 6. The number of fused-ring (bicyclic) bond motifs is 1. The summed E-state index contributed by atoms with van der Waals surface area (Å²) in [6.07, 6.45) is 2.43. The van der Waals surface area contributed by atoms with Crippen molar-refractivity contribution in [3.05, 3.63) is 53.6 Å². The number of halogens is 5. The van der Waals surface area contributed by atoms with Gasteiger partial charge in [0.25, 0.3) is 5.91 Å². The number of amides is 1. The van der Waals surface area contributed by atoms with E-state index in [4.69, 9.17) is 0 Å². The number of nitrogens with one attached hydrogen (secondary N) is 3. The maximum Gasteiger partial charge on any atom is 0.447 e. The average Bonchev–Trinajstić information content (AvgIpc) is 3.22. The van der Waals surface area contributed by atoms with Crippen LogP contribution in [0.2, 0.25) is 0 Å². The molecule has 1 fully saturated rings. The van der Waals surface area contributed by atoms with Gasteiger partial charge in [-0.05, 0) is 44.3 Å². The zero-order chi connectivity index (χ0) is 28.2. The maximum atomic E-state index is 14.5. The largest absolute Gasteiger partial charge is 0.447 e. The summed E-state index contributed by atoms with van der Waals surface area (Å²) >= 11 is -0.297. The standard InChI is InChI=1S/C26H27F5N6OS/c1-32-24(38)16-5-6-21(19(27)12-16)33-8-3-4-17-13-22-23(35-14-18-7-10-36(2)15-20(18)28)34-9-11-37(22)25(17)39-26(29,30)31/h5-6,9,11-13,18,20,33H,7-8,10,14-15H2,1-2H3,(H,32,38)(H,34,35)/t18-,20-/m0/s1. The molecule has 7 nitrogen and oxygen atoms in total. The van der Waals surface area contributed by atoms with Gasteiger partial charge in [0, 0.05) is 55.8 Å². The first kappa shape index (κ1) is 28.5. The van der Waals surface area contributed by atoms with Crippen molar-refractivity contribution in [2.24, 2.45) is 5.92 Å². The van der Waals surface area contributed by atoms with Crippen molar-refractivity contribution in [1.82, 2.24) is 19.6 Å². The number of benzene rings is 1. The first-order chi connectivity index (χ1) is 18.6. The highest BCUT2D eigenvalue weighted by molar-refractivity contribution is 8.00. The molecule has 1 aliphatic heterocycles. The fraction of sp³-hybridized carbons (Fsp3) is 0.385. The summed E-state index contributed by atoms with van der Waals surface area (Å²) < 4.78 is 70.3. The van der Waals surface area contributed by atoms with Gasteiger partial charge in [-0.25, -0.2) is 13.8 Å². The maximum absolute atomic E-state index is 14.5. The van der Waals surface area contributed by atoms with E-state index in [9.17, 15) is 26.7 Å². The molecule has 208 valence electrons. The van der Waals surface area contributed by atoms with Crippen LogP contribution in [-0.2, 0) is 0 Å². The van der Waals surface area contributed by atoms with Crippen molar-refractivity contribution < 1.29 is 26.7 Å². The Morgan fingerprint density at radius 3 is 2.74 bits per heavy atom. The van der Waals surface area contributed by atoms with Gasteiger partial charge in [-0.1, -0.05) is 11.8 Å². The molecular weight excluding hydrogens is 539 g/mol. The van der Waals surface area contributed by atoms with Crippen molar-refractivity contribution >= 4 is 34.7 Å². The number of alkyl halides is 4. The molecule has 0 aliphatic carbocycles. The lowest BCUT2D eigenvalue weighted by molar-refractivity contribution is -0.0329. The minimum Gasteiger partial charge on any atom is -0.372 e. The molecular formula is C26H27F5N6OS. The van der Waals surface area contributed by atoms with Crippen LogP contribution < -0.4 is 16.0 Å². The molecule has 1 aromatic carbocycles. The highest BCUT2D eigenvalue weighted by atomic mass is 32.2. The van der Waals surface area contributed by atoms with E-state index in [-0.39, 0.29) is 46.1 Å². The fourth-order valence-electron chi connectivity index (χ4n) is 4.30. The van der Waals surface area contributed by atoms with Crippen molar-refractivity contribution in [1.29, 1.82) is 0 Å². The minimum atomic E-state index is -4.56. The van der Waals surface area contributed by atoms with E-state index < -0.39 is 23.4 Å². The second-order valence-electron chi connectivity index (χ2n) is 9.08. The number of likely N-dealkylation sites (tertiary alicyclic amines) is 1. The van der Waals surface area contributed by atoms with Crippen molar-refractivity contribution in [3.8, 4) is 11.8 Å². The Kier molecular flexibility index (Phi) is 8.87. The molecule has 0 spiro atoms. The number of hydrogen-bond donors (Lipinski definition) is 3. The highest BCUT2D eigenvalue weighted by Crippen LogP contribution is 2.40. The third-order valence-corrected chi connectivity index (χ3v) is 7.17. The van der Waals surface area contributed by atoms with Gasteiger partial charge in [0.1, 0.15) is 22.8 Å². The second-order valence-corrected chi connectivity index (χ2v) is 10.1. The zero-order valence-corrected chi connectivity index (χ0v) is 22.0. The number of aromatic nitrogens is 2. The van der Waals surface area contributed by atoms with Gasteiger partial charge in [-0.3, -0.25) is 4.79 Å². The lowest BCUT2D eigenvalue weighted by Gasteiger charge is -2.32. The lowest BCUT2D eigenvalue weighted by atomic mass is 9.95. The van der Waals surface area contributed by atoms with Gasteiger partial charge >= 0.3 is 5.51 Å². The van der Waals surface area contributed by atoms with Crippen molar-refractivity contribution in [3.63, 3.8) is 0 Å². The van der Waals surface area contributed by atoms with Crippen LogP contribution in [0.1, 0.15) is 22.3 Å². The molecule has 2 aromatic heterocycles. The molecule has 0 saturated carbocycles. The predicted molar refractivity (Wildman–Crippen MR) is 141 cm³/mol. The van der Waals surface area contributed by atoms with E-state index in [2.05, 4.69) is 32.8 Å². The molecule has 1 amide bonds. The summed E-state index contributed by atoms with van der Waals surface area (Å²) in [5.74, 6) is 4.46. The Labute approximate surface area is 226 Å². The summed E-state index contributed by atoms with van der Waals surface area (Å²) in [6, 6.07) is 5.39. The van der Waals surface area contributed by atoms with Crippen LogP contribution >= 0.6 is 11.8 Å². The molecule has 1 aliphatic rings. The molecule has 0 radical (unpaired) electrons.